The van der Waals surface area contributed by atoms with Crippen molar-refractivity contribution in [1.29, 1.82) is 0 Å². The third kappa shape index (κ3) is 4.51. The number of halogens is 1. The first kappa shape index (κ1) is 15.9. The molecule has 0 fully saturated rings. The number of anilines is 1. The Balaban J connectivity index is 1.74. The fourth-order valence-electron chi connectivity index (χ4n) is 1.91. The van der Waals surface area contributed by atoms with Crippen LogP contribution in [-0.2, 0) is 6.42 Å². The maximum absolute atomic E-state index is 12.8. The first-order valence-corrected chi connectivity index (χ1v) is 7.08. The van der Waals surface area contributed by atoms with Crippen molar-refractivity contribution < 1.29 is 9.18 Å². The molecule has 1 N–H and O–H groups in total. The van der Waals surface area contributed by atoms with Crippen molar-refractivity contribution in [2.45, 2.75) is 12.8 Å². The van der Waals surface area contributed by atoms with E-state index in [1.165, 1.54) is 24.3 Å². The van der Waals surface area contributed by atoms with Gasteiger partial charge in [0.05, 0.1) is 0 Å². The van der Waals surface area contributed by atoms with Crippen LogP contribution in [0.3, 0.4) is 0 Å². The van der Waals surface area contributed by atoms with Crippen LogP contribution in [0, 0.1) is 5.82 Å². The number of nitrogens with one attached hydrogen (secondary N) is 1. The SMILES string of the molecule is CN(C)c1ncc(CCCNC(=O)c2ccc(F)cc2)cn1. The molecule has 0 saturated heterocycles. The van der Waals surface area contributed by atoms with Gasteiger partial charge in [-0.05, 0) is 42.7 Å². The molecular formula is C16H19FN4O. The second-order valence-electron chi connectivity index (χ2n) is 5.15. The highest BCUT2D eigenvalue weighted by Crippen LogP contribution is 2.05. The van der Waals surface area contributed by atoms with Gasteiger partial charge in [0, 0.05) is 38.6 Å². The Bertz CT molecular complexity index is 611. The molecule has 2 aromatic rings. The van der Waals surface area contributed by atoms with E-state index in [2.05, 4.69) is 15.3 Å². The van der Waals surface area contributed by atoms with E-state index in [-0.39, 0.29) is 11.7 Å². The second kappa shape index (κ2) is 7.49. The predicted octanol–water partition coefficient (Wildman–Crippen LogP) is 2.04. The quantitative estimate of drug-likeness (QED) is 0.830. The Labute approximate surface area is 129 Å². The van der Waals surface area contributed by atoms with Crippen molar-refractivity contribution in [1.82, 2.24) is 15.3 Å². The van der Waals surface area contributed by atoms with Crippen LogP contribution in [-0.4, -0.2) is 36.5 Å². The summed E-state index contributed by atoms with van der Waals surface area (Å²) in [5.74, 6) is 0.130. The van der Waals surface area contributed by atoms with Gasteiger partial charge in [-0.15, -0.1) is 0 Å². The van der Waals surface area contributed by atoms with Gasteiger partial charge >= 0.3 is 0 Å². The van der Waals surface area contributed by atoms with E-state index < -0.39 is 0 Å². The van der Waals surface area contributed by atoms with Crippen LogP contribution in [0.15, 0.2) is 36.7 Å². The van der Waals surface area contributed by atoms with Crippen molar-refractivity contribution in [3.63, 3.8) is 0 Å². The molecule has 0 spiro atoms. The maximum Gasteiger partial charge on any atom is 0.251 e. The van der Waals surface area contributed by atoms with E-state index in [0.717, 1.165) is 18.4 Å². The number of carbonyl (C=O) groups excluding carboxylic acids is 1. The fourth-order valence-corrected chi connectivity index (χ4v) is 1.91. The molecule has 0 radical (unpaired) electrons. The molecule has 6 heteroatoms. The number of nitrogens with zero attached hydrogens (tertiary/aromatic N) is 3. The van der Waals surface area contributed by atoms with Gasteiger partial charge in [-0.2, -0.15) is 0 Å². The highest BCUT2D eigenvalue weighted by Gasteiger charge is 2.05. The monoisotopic (exact) mass is 302 g/mol. The summed E-state index contributed by atoms with van der Waals surface area (Å²) in [6.45, 7) is 0.547. The fraction of sp³-hybridized carbons (Fsp3) is 0.312. The average Bonchev–Trinajstić information content (AvgIpc) is 2.52. The van der Waals surface area contributed by atoms with Crippen molar-refractivity contribution in [2.24, 2.45) is 0 Å². The van der Waals surface area contributed by atoms with Gasteiger partial charge in [-0.25, -0.2) is 14.4 Å². The van der Waals surface area contributed by atoms with Crippen LogP contribution >= 0.6 is 0 Å². The second-order valence-corrected chi connectivity index (χ2v) is 5.15. The van der Waals surface area contributed by atoms with E-state index in [1.807, 2.05) is 19.0 Å². The van der Waals surface area contributed by atoms with Crippen LogP contribution < -0.4 is 10.2 Å². The molecule has 0 aliphatic carbocycles. The molecule has 1 amide bonds. The van der Waals surface area contributed by atoms with Crippen molar-refractivity contribution >= 4 is 11.9 Å². The zero-order valence-corrected chi connectivity index (χ0v) is 12.7. The van der Waals surface area contributed by atoms with Gasteiger partial charge in [-0.1, -0.05) is 0 Å². The molecule has 1 aromatic carbocycles. The third-order valence-corrected chi connectivity index (χ3v) is 3.13. The Morgan fingerprint density at radius 3 is 2.41 bits per heavy atom. The topological polar surface area (TPSA) is 58.1 Å². The van der Waals surface area contributed by atoms with Gasteiger partial charge in [0.15, 0.2) is 0 Å². The number of aryl methyl sites for hydroxylation is 1. The standard InChI is InChI=1S/C16H19FN4O/c1-21(2)16-19-10-12(11-20-16)4-3-9-18-15(22)13-5-7-14(17)8-6-13/h5-8,10-11H,3-4,9H2,1-2H3,(H,18,22). The summed E-state index contributed by atoms with van der Waals surface area (Å²) in [4.78, 5) is 22.1. The molecule has 22 heavy (non-hydrogen) atoms. The molecule has 0 aliphatic heterocycles. The number of rotatable bonds is 6. The Kier molecular flexibility index (Phi) is 5.41. The minimum Gasteiger partial charge on any atom is -0.352 e. The first-order valence-electron chi connectivity index (χ1n) is 7.08. The minimum atomic E-state index is -0.349. The van der Waals surface area contributed by atoms with Crippen LogP contribution in [0.2, 0.25) is 0 Å². The summed E-state index contributed by atoms with van der Waals surface area (Å²) in [5.41, 5.74) is 1.49. The molecule has 0 bridgehead atoms. The highest BCUT2D eigenvalue weighted by atomic mass is 19.1. The first-order chi connectivity index (χ1) is 10.6. The van der Waals surface area contributed by atoms with Gasteiger partial charge < -0.3 is 10.2 Å². The van der Waals surface area contributed by atoms with Gasteiger partial charge in [-0.3, -0.25) is 4.79 Å². The number of amides is 1. The molecule has 2 rings (SSSR count). The van der Waals surface area contributed by atoms with E-state index in [9.17, 15) is 9.18 Å². The zero-order valence-electron chi connectivity index (χ0n) is 12.7. The van der Waals surface area contributed by atoms with Crippen molar-refractivity contribution in [2.75, 3.05) is 25.5 Å². The Morgan fingerprint density at radius 1 is 1.18 bits per heavy atom. The van der Waals surface area contributed by atoms with Gasteiger partial charge in [0.25, 0.3) is 5.91 Å². The summed E-state index contributed by atoms with van der Waals surface area (Å²) in [6.07, 6.45) is 5.17. The number of hydrogen-bond donors (Lipinski definition) is 1. The summed E-state index contributed by atoms with van der Waals surface area (Å²) in [7, 11) is 3.78. The molecule has 116 valence electrons. The Hall–Kier alpha value is -2.50. The predicted molar refractivity (Wildman–Crippen MR) is 83.4 cm³/mol. The number of aromatic nitrogens is 2. The van der Waals surface area contributed by atoms with Crippen LogP contribution in [0.5, 0.6) is 0 Å². The molecule has 1 aromatic heterocycles. The lowest BCUT2D eigenvalue weighted by Gasteiger charge is -2.09. The van der Waals surface area contributed by atoms with E-state index in [4.69, 9.17) is 0 Å². The molecule has 0 atom stereocenters. The summed E-state index contributed by atoms with van der Waals surface area (Å²) >= 11 is 0. The van der Waals surface area contributed by atoms with Crippen LogP contribution in [0.4, 0.5) is 10.3 Å². The number of benzene rings is 1. The normalized spacial score (nSPS) is 10.3. The molecule has 1 heterocycles. The molecular weight excluding hydrogens is 283 g/mol. The summed E-state index contributed by atoms with van der Waals surface area (Å²) in [6, 6.07) is 5.49. The largest absolute Gasteiger partial charge is 0.352 e. The zero-order chi connectivity index (χ0) is 15.9. The van der Waals surface area contributed by atoms with Crippen LogP contribution in [0.1, 0.15) is 22.3 Å². The van der Waals surface area contributed by atoms with E-state index in [1.54, 1.807) is 12.4 Å². The average molecular weight is 302 g/mol. The van der Waals surface area contributed by atoms with E-state index >= 15 is 0 Å². The maximum atomic E-state index is 12.8. The lowest BCUT2D eigenvalue weighted by molar-refractivity contribution is 0.0953. The molecule has 0 saturated carbocycles. The Morgan fingerprint density at radius 2 is 1.82 bits per heavy atom. The number of carbonyl (C=O) groups is 1. The summed E-state index contributed by atoms with van der Waals surface area (Å²) in [5, 5.41) is 2.81. The van der Waals surface area contributed by atoms with Crippen molar-refractivity contribution in [3.05, 3.63) is 53.6 Å². The van der Waals surface area contributed by atoms with Gasteiger partial charge in [0.1, 0.15) is 5.82 Å². The third-order valence-electron chi connectivity index (χ3n) is 3.13. The molecule has 0 aliphatic rings. The van der Waals surface area contributed by atoms with Gasteiger partial charge in [0.2, 0.25) is 5.95 Å². The molecule has 5 nitrogen and oxygen atoms in total. The smallest absolute Gasteiger partial charge is 0.251 e. The number of hydrogen-bond acceptors (Lipinski definition) is 4. The van der Waals surface area contributed by atoms with Crippen molar-refractivity contribution in [3.8, 4) is 0 Å². The van der Waals surface area contributed by atoms with Crippen LogP contribution in [0.25, 0.3) is 0 Å². The van der Waals surface area contributed by atoms with E-state index in [0.29, 0.717) is 18.1 Å². The summed E-state index contributed by atoms with van der Waals surface area (Å²) < 4.78 is 12.8. The lowest BCUT2D eigenvalue weighted by atomic mass is 10.2. The molecule has 0 unspecified atom stereocenters. The minimum absolute atomic E-state index is 0.195. The lowest BCUT2D eigenvalue weighted by Crippen LogP contribution is -2.24. The highest BCUT2D eigenvalue weighted by molar-refractivity contribution is 5.94.